The highest BCUT2D eigenvalue weighted by molar-refractivity contribution is 7.04. The number of rotatable bonds is 6. The zero-order chi connectivity index (χ0) is 56.8. The van der Waals surface area contributed by atoms with Gasteiger partial charge in [0, 0.05) is 102 Å². The lowest BCUT2D eigenvalue weighted by Gasteiger charge is -2.48. The molecule has 6 nitrogen and oxygen atoms in total. The number of hydrogen-bond donors (Lipinski definition) is 0. The van der Waals surface area contributed by atoms with Crippen molar-refractivity contribution < 1.29 is 0 Å². The van der Waals surface area contributed by atoms with E-state index in [0.717, 1.165) is 34.1 Å². The van der Waals surface area contributed by atoms with Crippen LogP contribution in [0.3, 0.4) is 0 Å². The van der Waals surface area contributed by atoms with Crippen LogP contribution < -0.4 is 78.6 Å². The molecule has 0 saturated heterocycles. The van der Waals surface area contributed by atoms with Crippen LogP contribution in [0.15, 0.2) is 309 Å². The summed E-state index contributed by atoms with van der Waals surface area (Å²) in [5.74, 6) is 0. The lowest BCUT2D eigenvalue weighted by atomic mass is 9.29. The van der Waals surface area contributed by atoms with Crippen LogP contribution in [-0.4, -0.2) is 20.1 Å². The van der Waals surface area contributed by atoms with E-state index in [1.54, 1.807) is 0 Å². The molecule has 0 spiro atoms. The van der Waals surface area contributed by atoms with Gasteiger partial charge in [0.25, 0.3) is 20.1 Å². The fourth-order valence-corrected chi connectivity index (χ4v) is 15.8. The molecular formula is C78H51B3N6. The Morgan fingerprint density at radius 2 is 0.345 bits per heavy atom. The molecule has 6 aliphatic heterocycles. The maximum absolute atomic E-state index is 2.65. The van der Waals surface area contributed by atoms with Gasteiger partial charge in [-0.1, -0.05) is 176 Å². The molecular weight excluding hydrogens is 1050 g/mol. The molecule has 9 heteroatoms. The summed E-state index contributed by atoms with van der Waals surface area (Å²) >= 11 is 0. The van der Waals surface area contributed by atoms with Gasteiger partial charge in [-0.15, -0.1) is 0 Å². The number of fused-ring (bicyclic) bond motifs is 12. The molecule has 13 aromatic carbocycles. The lowest BCUT2D eigenvalue weighted by Crippen LogP contribution is -2.66. The summed E-state index contributed by atoms with van der Waals surface area (Å²) in [5.41, 5.74) is 32.5. The van der Waals surface area contributed by atoms with Crippen LogP contribution >= 0.6 is 0 Å². The molecule has 6 aliphatic rings. The smallest absolute Gasteiger partial charge is 0.252 e. The normalized spacial score (nSPS) is 14.0. The van der Waals surface area contributed by atoms with Crippen molar-refractivity contribution in [2.24, 2.45) is 0 Å². The van der Waals surface area contributed by atoms with Crippen molar-refractivity contribution in [1.29, 1.82) is 0 Å². The Bertz CT molecular complexity index is 4630. The van der Waals surface area contributed by atoms with Gasteiger partial charge in [-0.3, -0.25) is 0 Å². The van der Waals surface area contributed by atoms with E-state index in [0.29, 0.717) is 0 Å². The third kappa shape index (κ3) is 6.85. The third-order valence-electron chi connectivity index (χ3n) is 19.1. The molecule has 0 bridgehead atoms. The second kappa shape index (κ2) is 18.7. The van der Waals surface area contributed by atoms with Crippen LogP contribution in [0.5, 0.6) is 0 Å². The van der Waals surface area contributed by atoms with Crippen LogP contribution in [-0.2, 0) is 0 Å². The molecule has 0 unspecified atom stereocenters. The number of benzene rings is 13. The largest absolute Gasteiger partial charge is 0.311 e. The maximum atomic E-state index is 2.65. The molecule has 0 N–H and O–H groups in total. The van der Waals surface area contributed by atoms with Crippen molar-refractivity contribution in [3.8, 4) is 0 Å². The molecule has 13 aromatic rings. The van der Waals surface area contributed by atoms with Crippen molar-refractivity contribution in [2.75, 3.05) is 29.4 Å². The fraction of sp³-hybridized carbons (Fsp3) is 0. The standard InChI is InChI=1S/C78H51B3N6/c1-7-26-52(27-8-1)82-64-40-21-19-38-58(64)79-60-48-62-74(50-72(60)84(54-30-11-3-12-31-54)68-44-23-42-66(82)76(68)79)86(56-34-15-5-16-35-56)70-46-25-47-71-78(70)81(62)63-49-61-73(51-75(63)87(71)57-36-17-6-18-37-57)85(55-32-13-4-14-33-55)69-45-24-43-67-77(69)80(61)59-39-20-22-41-65(59)83(67)53-28-9-2-10-29-53/h1-51H. The first-order valence-electron chi connectivity index (χ1n) is 30.3. The monoisotopic (exact) mass is 1100 g/mol. The predicted octanol–water partition coefficient (Wildman–Crippen LogP) is 13.9. The molecule has 0 aliphatic carbocycles. The molecule has 0 saturated carbocycles. The van der Waals surface area contributed by atoms with E-state index in [9.17, 15) is 0 Å². The van der Waals surface area contributed by atoms with E-state index >= 15 is 0 Å². The highest BCUT2D eigenvalue weighted by Gasteiger charge is 2.50. The molecule has 0 radical (unpaired) electrons. The van der Waals surface area contributed by atoms with E-state index in [2.05, 4.69) is 339 Å². The first-order valence-corrected chi connectivity index (χ1v) is 30.3. The average Bonchev–Trinajstić information content (AvgIpc) is 0.852. The van der Waals surface area contributed by atoms with Crippen molar-refractivity contribution >= 4 is 172 Å². The van der Waals surface area contributed by atoms with Gasteiger partial charge in [0.15, 0.2) is 0 Å². The minimum atomic E-state index is -0.181. The lowest BCUT2D eigenvalue weighted by molar-refractivity contribution is 1.23. The zero-order valence-electron chi connectivity index (χ0n) is 47.4. The first-order chi connectivity index (χ1) is 43.2. The van der Waals surface area contributed by atoms with Crippen LogP contribution in [0.1, 0.15) is 0 Å². The molecule has 6 heterocycles. The molecule has 87 heavy (non-hydrogen) atoms. The summed E-state index contributed by atoms with van der Waals surface area (Å²) in [7, 11) is 0. The quantitative estimate of drug-likeness (QED) is 0.154. The van der Waals surface area contributed by atoms with Gasteiger partial charge in [-0.05, 0) is 183 Å². The fourth-order valence-electron chi connectivity index (χ4n) is 15.8. The van der Waals surface area contributed by atoms with Gasteiger partial charge < -0.3 is 29.4 Å². The van der Waals surface area contributed by atoms with Gasteiger partial charge in [-0.2, -0.15) is 0 Å². The van der Waals surface area contributed by atoms with E-state index in [4.69, 9.17) is 0 Å². The van der Waals surface area contributed by atoms with Crippen molar-refractivity contribution in [3.05, 3.63) is 309 Å². The highest BCUT2D eigenvalue weighted by atomic mass is 15.2. The third-order valence-corrected chi connectivity index (χ3v) is 19.1. The summed E-state index contributed by atoms with van der Waals surface area (Å²) in [6.45, 7) is -0.343. The Labute approximate surface area is 507 Å². The molecule has 402 valence electrons. The van der Waals surface area contributed by atoms with Crippen LogP contribution in [0.25, 0.3) is 0 Å². The van der Waals surface area contributed by atoms with Gasteiger partial charge in [0.1, 0.15) is 0 Å². The Morgan fingerprint density at radius 1 is 0.149 bits per heavy atom. The van der Waals surface area contributed by atoms with Crippen LogP contribution in [0.4, 0.5) is 102 Å². The topological polar surface area (TPSA) is 19.4 Å². The first kappa shape index (κ1) is 48.3. The molecule has 0 fully saturated rings. The molecule has 0 amide bonds. The number of hydrogen-bond acceptors (Lipinski definition) is 6. The summed E-state index contributed by atoms with van der Waals surface area (Å²) in [5, 5.41) is 0. The average molecular weight is 1100 g/mol. The molecule has 19 rings (SSSR count). The second-order valence-corrected chi connectivity index (χ2v) is 23.5. The van der Waals surface area contributed by atoms with Crippen molar-refractivity contribution in [1.82, 2.24) is 0 Å². The maximum Gasteiger partial charge on any atom is 0.252 e. The van der Waals surface area contributed by atoms with Gasteiger partial charge in [-0.25, -0.2) is 0 Å². The van der Waals surface area contributed by atoms with E-state index < -0.39 is 0 Å². The van der Waals surface area contributed by atoms with E-state index in [1.165, 1.54) is 117 Å². The summed E-state index contributed by atoms with van der Waals surface area (Å²) in [6.07, 6.45) is 0. The molecule has 0 aromatic heterocycles. The molecule has 0 atom stereocenters. The van der Waals surface area contributed by atoms with Crippen LogP contribution in [0.2, 0.25) is 0 Å². The van der Waals surface area contributed by atoms with Crippen LogP contribution in [0, 0.1) is 0 Å². The summed E-state index contributed by atoms with van der Waals surface area (Å²) in [4.78, 5) is 15.2. The Morgan fingerprint density at radius 3 is 0.598 bits per heavy atom. The van der Waals surface area contributed by atoms with Gasteiger partial charge in [0.05, 0.1) is 0 Å². The minimum absolute atomic E-state index is 0.0810. The Balaban J connectivity index is 0.930. The highest BCUT2D eigenvalue weighted by Crippen LogP contribution is 2.51. The summed E-state index contributed by atoms with van der Waals surface area (Å²) in [6, 6.07) is 116. The Kier molecular flexibility index (Phi) is 10.4. The summed E-state index contributed by atoms with van der Waals surface area (Å²) < 4.78 is 0. The second-order valence-electron chi connectivity index (χ2n) is 23.5. The zero-order valence-corrected chi connectivity index (χ0v) is 47.4. The minimum Gasteiger partial charge on any atom is -0.311 e. The number of anilines is 18. The van der Waals surface area contributed by atoms with Gasteiger partial charge in [0.2, 0.25) is 0 Å². The Hall–Kier alpha value is -11.1. The van der Waals surface area contributed by atoms with Gasteiger partial charge >= 0.3 is 0 Å². The van der Waals surface area contributed by atoms with Crippen molar-refractivity contribution in [3.63, 3.8) is 0 Å². The number of para-hydroxylation sites is 8. The van der Waals surface area contributed by atoms with E-state index in [-0.39, 0.29) is 20.1 Å². The van der Waals surface area contributed by atoms with E-state index in [1.807, 2.05) is 0 Å². The predicted molar refractivity (Wildman–Crippen MR) is 369 cm³/mol. The SMILES string of the molecule is c1ccc(N2c3ccccc3B3c4cc5c(cc4N(c4ccccc4)c4cccc2c43)N(c2ccccc2)c2cccc3c2B5c2cc4c(cc2N3c2ccccc2)N(c2ccccc2)c2cccc3c2B4c2ccccc2N3c2ccccc2)cc1. The van der Waals surface area contributed by atoms with Crippen molar-refractivity contribution in [2.45, 2.75) is 0 Å². The number of nitrogens with zero attached hydrogens (tertiary/aromatic N) is 6.